The van der Waals surface area contributed by atoms with Gasteiger partial charge in [-0.25, -0.2) is 4.98 Å². The molecular weight excluding hydrogens is 540 g/mol. The highest BCUT2D eigenvalue weighted by molar-refractivity contribution is 8.00. The number of hydrogen-bond acceptors (Lipinski definition) is 7. The number of rotatable bonds is 6. The Kier molecular flexibility index (Phi) is 6.73. The topological polar surface area (TPSA) is 78.3 Å². The number of carbonyl (C=O) groups excluding carboxylic acids is 1. The lowest BCUT2D eigenvalue weighted by atomic mass is 10.0. The van der Waals surface area contributed by atoms with E-state index >= 15 is 0 Å². The van der Waals surface area contributed by atoms with Gasteiger partial charge >= 0.3 is 0 Å². The number of carbonyl (C=O) groups is 1. The summed E-state index contributed by atoms with van der Waals surface area (Å²) in [7, 11) is 1.64. The maximum absolute atomic E-state index is 12.7. The van der Waals surface area contributed by atoms with Crippen molar-refractivity contribution in [3.63, 3.8) is 0 Å². The van der Waals surface area contributed by atoms with E-state index in [-0.39, 0.29) is 11.2 Å². The monoisotopic (exact) mass is 562 g/mol. The smallest absolute Gasteiger partial charge is 0.235 e. The van der Waals surface area contributed by atoms with Gasteiger partial charge in [-0.1, -0.05) is 47.2 Å². The van der Waals surface area contributed by atoms with Crippen LogP contribution >= 0.6 is 34.7 Å². The standard InChI is InChI=1S/C28H23ClN4O3S2/c1-16-25-26(18-5-9-20(10-6-18)36-14-17-3-7-19(29)8-4-17)37-15-24(34)31-27(25)33(32-16)28-30-22-12-11-21(35-2)13-23(22)38-28/h3-13,26H,14-15H2,1-2H3,(H,31,34)/t26-/m0/s1. The van der Waals surface area contributed by atoms with E-state index in [0.29, 0.717) is 28.3 Å². The van der Waals surface area contributed by atoms with Gasteiger partial charge in [0.15, 0.2) is 0 Å². The Morgan fingerprint density at radius 1 is 1.08 bits per heavy atom. The number of ether oxygens (including phenoxy) is 2. The molecule has 0 aliphatic carbocycles. The van der Waals surface area contributed by atoms with Gasteiger partial charge in [0.2, 0.25) is 11.0 Å². The Morgan fingerprint density at radius 2 is 1.84 bits per heavy atom. The third kappa shape index (κ3) is 4.84. The lowest BCUT2D eigenvalue weighted by Crippen LogP contribution is -2.15. The fourth-order valence-electron chi connectivity index (χ4n) is 4.38. The molecule has 1 aliphatic heterocycles. The predicted molar refractivity (Wildman–Crippen MR) is 153 cm³/mol. The number of anilines is 1. The molecule has 2 aromatic heterocycles. The van der Waals surface area contributed by atoms with Crippen molar-refractivity contribution in [1.82, 2.24) is 14.8 Å². The molecule has 192 valence electrons. The summed E-state index contributed by atoms with van der Waals surface area (Å²) in [4.78, 5) is 17.5. The van der Waals surface area contributed by atoms with Gasteiger partial charge in [0.1, 0.15) is 23.9 Å². The van der Waals surface area contributed by atoms with Crippen molar-refractivity contribution in [3.8, 4) is 16.6 Å². The van der Waals surface area contributed by atoms with Crippen LogP contribution in [0.5, 0.6) is 11.5 Å². The molecule has 0 fully saturated rings. The number of nitrogens with one attached hydrogen (secondary N) is 1. The van der Waals surface area contributed by atoms with E-state index in [1.54, 1.807) is 23.6 Å². The summed E-state index contributed by atoms with van der Waals surface area (Å²) in [6.07, 6.45) is 0. The van der Waals surface area contributed by atoms with E-state index in [9.17, 15) is 4.79 Å². The molecule has 0 radical (unpaired) electrons. The molecule has 0 spiro atoms. The molecular formula is C28H23ClN4O3S2. The van der Waals surface area contributed by atoms with Crippen molar-refractivity contribution in [3.05, 3.63) is 94.1 Å². The van der Waals surface area contributed by atoms with Gasteiger partial charge in [-0.05, 0) is 60.5 Å². The Labute approximate surface area is 232 Å². The number of amides is 1. The zero-order chi connectivity index (χ0) is 26.2. The largest absolute Gasteiger partial charge is 0.497 e. The van der Waals surface area contributed by atoms with Crippen molar-refractivity contribution in [1.29, 1.82) is 0 Å². The van der Waals surface area contributed by atoms with Crippen LogP contribution in [-0.4, -0.2) is 33.5 Å². The Hall–Kier alpha value is -3.53. The van der Waals surface area contributed by atoms with Crippen LogP contribution in [0, 0.1) is 6.92 Å². The lowest BCUT2D eigenvalue weighted by Gasteiger charge is -2.16. The minimum atomic E-state index is -0.0718. The number of nitrogens with zero attached hydrogens (tertiary/aromatic N) is 3. The first kappa shape index (κ1) is 24.8. The van der Waals surface area contributed by atoms with Crippen LogP contribution in [-0.2, 0) is 11.4 Å². The fraction of sp³-hybridized carbons (Fsp3) is 0.179. The van der Waals surface area contributed by atoms with Crippen LogP contribution in [0.15, 0.2) is 66.7 Å². The van der Waals surface area contributed by atoms with Crippen LogP contribution in [0.3, 0.4) is 0 Å². The molecule has 6 rings (SSSR count). The zero-order valence-electron chi connectivity index (χ0n) is 20.6. The second-order valence-electron chi connectivity index (χ2n) is 8.81. The molecule has 3 aromatic carbocycles. The molecule has 1 atom stereocenters. The number of benzene rings is 3. The predicted octanol–water partition coefficient (Wildman–Crippen LogP) is 6.81. The molecule has 1 N–H and O–H groups in total. The van der Waals surface area contributed by atoms with Crippen LogP contribution in [0.2, 0.25) is 5.02 Å². The molecule has 0 unspecified atom stereocenters. The average molecular weight is 563 g/mol. The summed E-state index contributed by atoms with van der Waals surface area (Å²) in [6, 6.07) is 21.4. The minimum absolute atomic E-state index is 0.0643. The van der Waals surface area contributed by atoms with Crippen molar-refractivity contribution < 1.29 is 14.3 Å². The summed E-state index contributed by atoms with van der Waals surface area (Å²) in [5.74, 6) is 2.48. The Bertz CT molecular complexity index is 1630. The molecule has 1 amide bonds. The first-order valence-electron chi connectivity index (χ1n) is 11.9. The van der Waals surface area contributed by atoms with Gasteiger partial charge in [-0.15, -0.1) is 11.8 Å². The quantitative estimate of drug-likeness (QED) is 0.245. The Balaban J connectivity index is 1.31. The molecule has 5 aromatic rings. The second-order valence-corrected chi connectivity index (χ2v) is 11.4. The van der Waals surface area contributed by atoms with Gasteiger partial charge in [0, 0.05) is 10.6 Å². The number of thiazole rings is 1. The minimum Gasteiger partial charge on any atom is -0.497 e. The molecule has 0 bridgehead atoms. The van der Waals surface area contributed by atoms with Crippen LogP contribution in [0.1, 0.15) is 27.6 Å². The highest BCUT2D eigenvalue weighted by atomic mass is 35.5. The number of halogens is 1. The first-order valence-corrected chi connectivity index (χ1v) is 14.2. The van der Waals surface area contributed by atoms with Gasteiger partial charge in [-0.3, -0.25) is 4.79 Å². The van der Waals surface area contributed by atoms with Crippen molar-refractivity contribution in [2.45, 2.75) is 18.8 Å². The second kappa shape index (κ2) is 10.3. The zero-order valence-corrected chi connectivity index (χ0v) is 23.0. The number of aryl methyl sites for hydroxylation is 1. The van der Waals surface area contributed by atoms with Gasteiger partial charge < -0.3 is 14.8 Å². The van der Waals surface area contributed by atoms with Gasteiger partial charge in [-0.2, -0.15) is 9.78 Å². The average Bonchev–Trinajstić information content (AvgIpc) is 3.43. The SMILES string of the molecule is COc1ccc2nc(-n3nc(C)c4c3NC(=O)CS[C@H]4c3ccc(OCc4ccc(Cl)cc4)cc3)sc2c1. The van der Waals surface area contributed by atoms with E-state index in [1.807, 2.05) is 61.5 Å². The third-order valence-corrected chi connectivity index (χ3v) is 8.79. The number of methoxy groups -OCH3 is 1. The van der Waals surface area contributed by atoms with E-state index in [4.69, 9.17) is 31.2 Å². The molecule has 38 heavy (non-hydrogen) atoms. The number of hydrogen-bond donors (Lipinski definition) is 1. The van der Waals surface area contributed by atoms with E-state index in [0.717, 1.165) is 44.1 Å². The highest BCUT2D eigenvalue weighted by Gasteiger charge is 2.31. The normalized spacial score (nSPS) is 15.1. The number of aromatic nitrogens is 3. The third-order valence-electron chi connectivity index (χ3n) is 6.27. The van der Waals surface area contributed by atoms with Crippen LogP contribution < -0.4 is 14.8 Å². The molecule has 0 saturated heterocycles. The summed E-state index contributed by atoms with van der Waals surface area (Å²) >= 11 is 9.06. The summed E-state index contributed by atoms with van der Waals surface area (Å²) in [5.41, 5.74) is 4.80. The number of fused-ring (bicyclic) bond motifs is 2. The van der Waals surface area contributed by atoms with Gasteiger partial charge in [0.25, 0.3) is 0 Å². The van der Waals surface area contributed by atoms with Crippen molar-refractivity contribution >= 4 is 56.6 Å². The van der Waals surface area contributed by atoms with Crippen molar-refractivity contribution in [2.75, 3.05) is 18.2 Å². The lowest BCUT2D eigenvalue weighted by molar-refractivity contribution is -0.113. The summed E-state index contributed by atoms with van der Waals surface area (Å²) in [5, 5.41) is 9.21. The van der Waals surface area contributed by atoms with Crippen LogP contribution in [0.4, 0.5) is 5.82 Å². The molecule has 1 aliphatic rings. The van der Waals surface area contributed by atoms with Crippen LogP contribution in [0.25, 0.3) is 15.3 Å². The Morgan fingerprint density at radius 3 is 2.61 bits per heavy atom. The highest BCUT2D eigenvalue weighted by Crippen LogP contribution is 2.44. The maximum Gasteiger partial charge on any atom is 0.235 e. The maximum atomic E-state index is 12.7. The molecule has 7 nitrogen and oxygen atoms in total. The summed E-state index contributed by atoms with van der Waals surface area (Å²) in [6.45, 7) is 2.43. The fourth-order valence-corrected chi connectivity index (χ4v) is 6.65. The van der Waals surface area contributed by atoms with Gasteiger partial charge in [0.05, 0.1) is 34.0 Å². The first-order chi connectivity index (χ1) is 18.5. The number of thioether (sulfide) groups is 1. The molecule has 10 heteroatoms. The van der Waals surface area contributed by atoms with E-state index < -0.39 is 0 Å². The summed E-state index contributed by atoms with van der Waals surface area (Å²) < 4.78 is 14.1. The van der Waals surface area contributed by atoms with E-state index in [2.05, 4.69) is 17.4 Å². The van der Waals surface area contributed by atoms with E-state index in [1.165, 1.54) is 11.3 Å². The van der Waals surface area contributed by atoms with Crippen molar-refractivity contribution in [2.24, 2.45) is 0 Å². The molecule has 3 heterocycles. The molecule has 0 saturated carbocycles.